The van der Waals surface area contributed by atoms with Crippen molar-refractivity contribution in [3.05, 3.63) is 15.6 Å². The molecule has 0 bridgehead atoms. The number of aromatic nitrogens is 1. The first-order chi connectivity index (χ1) is 5.74. The van der Waals surface area contributed by atoms with E-state index < -0.39 is 0 Å². The summed E-state index contributed by atoms with van der Waals surface area (Å²) in [4.78, 5) is 5.66. The fourth-order valence-electron chi connectivity index (χ4n) is 0.898. The highest BCUT2D eigenvalue weighted by Gasteiger charge is 2.01. The van der Waals surface area contributed by atoms with Gasteiger partial charge in [0.15, 0.2) is 0 Å². The molecule has 70 valence electrons. The lowest BCUT2D eigenvalue weighted by Gasteiger charge is -1.93. The van der Waals surface area contributed by atoms with Crippen molar-refractivity contribution in [1.29, 1.82) is 0 Å². The molecular formula is C9H18N2S. The summed E-state index contributed by atoms with van der Waals surface area (Å²) in [5.74, 6) is 0. The minimum absolute atomic E-state index is 0.942. The number of aryl methyl sites for hydroxylation is 2. The zero-order valence-electron chi connectivity index (χ0n) is 8.56. The lowest BCUT2D eigenvalue weighted by Crippen LogP contribution is -2.04. The van der Waals surface area contributed by atoms with E-state index >= 15 is 0 Å². The Kier molecular flexibility index (Phi) is 5.93. The van der Waals surface area contributed by atoms with Crippen LogP contribution in [0.4, 0.5) is 0 Å². The van der Waals surface area contributed by atoms with E-state index in [2.05, 4.69) is 17.2 Å². The highest BCUT2D eigenvalue weighted by Crippen LogP contribution is 2.15. The highest BCUT2D eigenvalue weighted by molar-refractivity contribution is 7.11. The van der Waals surface area contributed by atoms with Crippen molar-refractivity contribution in [3.8, 4) is 0 Å². The number of rotatable bonds is 2. The molecule has 1 N–H and O–H groups in total. The van der Waals surface area contributed by atoms with Crippen molar-refractivity contribution in [1.82, 2.24) is 10.3 Å². The fourth-order valence-corrected chi connectivity index (χ4v) is 1.85. The smallest absolute Gasteiger partial charge is 0.0900 e. The van der Waals surface area contributed by atoms with E-state index in [1.54, 1.807) is 11.3 Å². The van der Waals surface area contributed by atoms with Crippen LogP contribution in [0.5, 0.6) is 0 Å². The van der Waals surface area contributed by atoms with Crippen molar-refractivity contribution in [2.75, 3.05) is 7.05 Å². The van der Waals surface area contributed by atoms with Crippen molar-refractivity contribution >= 4 is 11.3 Å². The van der Waals surface area contributed by atoms with E-state index in [0.717, 1.165) is 17.2 Å². The van der Waals surface area contributed by atoms with Gasteiger partial charge in [-0.15, -0.1) is 11.3 Å². The summed E-state index contributed by atoms with van der Waals surface area (Å²) in [5, 5.41) is 4.26. The van der Waals surface area contributed by atoms with Crippen LogP contribution in [0.25, 0.3) is 0 Å². The quantitative estimate of drug-likeness (QED) is 0.767. The van der Waals surface area contributed by atoms with Crippen LogP contribution >= 0.6 is 11.3 Å². The highest BCUT2D eigenvalue weighted by atomic mass is 32.1. The molecule has 0 aliphatic rings. The van der Waals surface area contributed by atoms with Gasteiger partial charge in [-0.25, -0.2) is 4.98 Å². The normalized spacial score (nSPS) is 9.08. The first-order valence-electron chi connectivity index (χ1n) is 4.31. The van der Waals surface area contributed by atoms with Gasteiger partial charge in [0, 0.05) is 11.4 Å². The van der Waals surface area contributed by atoms with Gasteiger partial charge in [0.25, 0.3) is 0 Å². The second kappa shape index (κ2) is 6.14. The van der Waals surface area contributed by atoms with Crippen LogP contribution < -0.4 is 5.32 Å². The molecule has 1 aromatic rings. The first-order valence-corrected chi connectivity index (χ1v) is 5.13. The molecule has 0 aliphatic heterocycles. The van der Waals surface area contributed by atoms with Crippen LogP contribution in [0.1, 0.15) is 29.4 Å². The summed E-state index contributed by atoms with van der Waals surface area (Å²) in [7, 11) is 1.95. The van der Waals surface area contributed by atoms with Crippen LogP contribution in [0.3, 0.4) is 0 Å². The molecule has 0 aromatic carbocycles. The molecule has 0 atom stereocenters. The van der Waals surface area contributed by atoms with Crippen molar-refractivity contribution < 1.29 is 0 Å². The number of hydrogen-bond donors (Lipinski definition) is 1. The van der Waals surface area contributed by atoms with Gasteiger partial charge in [0.2, 0.25) is 0 Å². The molecule has 1 rings (SSSR count). The maximum atomic E-state index is 4.31. The summed E-state index contributed by atoms with van der Waals surface area (Å²) in [6.07, 6.45) is 0. The van der Waals surface area contributed by atoms with Crippen LogP contribution in [-0.4, -0.2) is 12.0 Å². The second-order valence-corrected chi connectivity index (χ2v) is 3.56. The Morgan fingerprint density at radius 3 is 2.25 bits per heavy atom. The summed E-state index contributed by atoms with van der Waals surface area (Å²) >= 11 is 1.77. The third-order valence-corrected chi connectivity index (χ3v) is 2.41. The standard InChI is InChI=1S/C7H12N2S.C2H6/c1-5-7(4-8-3)10-6(2)9-5;1-2/h8H,4H2,1-3H3;1-2H3. The van der Waals surface area contributed by atoms with Crippen LogP contribution in [0.2, 0.25) is 0 Å². The number of nitrogens with one attached hydrogen (secondary N) is 1. The molecule has 0 amide bonds. The maximum Gasteiger partial charge on any atom is 0.0900 e. The van der Waals surface area contributed by atoms with Gasteiger partial charge >= 0.3 is 0 Å². The van der Waals surface area contributed by atoms with Gasteiger partial charge in [0.05, 0.1) is 10.7 Å². The first kappa shape index (κ1) is 11.6. The molecule has 0 fully saturated rings. The topological polar surface area (TPSA) is 24.9 Å². The molecule has 0 saturated heterocycles. The second-order valence-electron chi connectivity index (χ2n) is 2.27. The van der Waals surface area contributed by atoms with Crippen LogP contribution in [0, 0.1) is 13.8 Å². The zero-order valence-corrected chi connectivity index (χ0v) is 9.38. The van der Waals surface area contributed by atoms with Gasteiger partial charge in [-0.2, -0.15) is 0 Å². The van der Waals surface area contributed by atoms with E-state index in [1.165, 1.54) is 4.88 Å². The number of nitrogens with zero attached hydrogens (tertiary/aromatic N) is 1. The molecule has 0 radical (unpaired) electrons. The Bertz CT molecular complexity index is 218. The number of thiazole rings is 1. The monoisotopic (exact) mass is 186 g/mol. The van der Waals surface area contributed by atoms with E-state index in [-0.39, 0.29) is 0 Å². The lowest BCUT2D eigenvalue weighted by atomic mass is 10.4. The maximum absolute atomic E-state index is 4.31. The third kappa shape index (κ3) is 3.32. The lowest BCUT2D eigenvalue weighted by molar-refractivity contribution is 0.822. The van der Waals surface area contributed by atoms with Gasteiger partial charge in [-0.05, 0) is 20.9 Å². The summed E-state index contributed by atoms with van der Waals surface area (Å²) in [6.45, 7) is 9.03. The Hall–Kier alpha value is -0.410. The molecule has 1 aromatic heterocycles. The molecular weight excluding hydrogens is 168 g/mol. The predicted molar refractivity (Wildman–Crippen MR) is 55.7 cm³/mol. The third-order valence-electron chi connectivity index (χ3n) is 1.34. The van der Waals surface area contributed by atoms with E-state index in [1.807, 2.05) is 27.8 Å². The minimum Gasteiger partial charge on any atom is -0.315 e. The van der Waals surface area contributed by atoms with Crippen molar-refractivity contribution in [2.45, 2.75) is 34.2 Å². The molecule has 0 saturated carbocycles. The van der Waals surface area contributed by atoms with Gasteiger partial charge in [0.1, 0.15) is 0 Å². The Morgan fingerprint density at radius 2 is 1.92 bits per heavy atom. The fraction of sp³-hybridized carbons (Fsp3) is 0.667. The summed E-state index contributed by atoms with van der Waals surface area (Å²) in [5.41, 5.74) is 1.16. The SMILES string of the molecule is CC.CNCc1sc(C)nc1C. The molecule has 12 heavy (non-hydrogen) atoms. The minimum atomic E-state index is 0.942. The molecule has 1 heterocycles. The largest absolute Gasteiger partial charge is 0.315 e. The molecule has 0 aliphatic carbocycles. The average Bonchev–Trinajstić information content (AvgIpc) is 2.35. The van der Waals surface area contributed by atoms with Gasteiger partial charge in [-0.1, -0.05) is 13.8 Å². The Balaban J connectivity index is 0.000000561. The van der Waals surface area contributed by atoms with E-state index in [0.29, 0.717) is 0 Å². The van der Waals surface area contributed by atoms with Gasteiger partial charge < -0.3 is 5.32 Å². The molecule has 0 unspecified atom stereocenters. The van der Waals surface area contributed by atoms with Crippen molar-refractivity contribution in [3.63, 3.8) is 0 Å². The number of hydrogen-bond acceptors (Lipinski definition) is 3. The summed E-state index contributed by atoms with van der Waals surface area (Å²) in [6, 6.07) is 0. The van der Waals surface area contributed by atoms with Crippen molar-refractivity contribution in [2.24, 2.45) is 0 Å². The Morgan fingerprint density at radius 1 is 1.33 bits per heavy atom. The zero-order chi connectivity index (χ0) is 9.56. The molecule has 0 spiro atoms. The molecule has 2 nitrogen and oxygen atoms in total. The Labute approximate surface area is 79.0 Å². The van der Waals surface area contributed by atoms with E-state index in [9.17, 15) is 0 Å². The van der Waals surface area contributed by atoms with Crippen LogP contribution in [0.15, 0.2) is 0 Å². The summed E-state index contributed by atoms with van der Waals surface area (Å²) < 4.78 is 0. The average molecular weight is 186 g/mol. The van der Waals surface area contributed by atoms with Crippen LogP contribution in [-0.2, 0) is 6.54 Å². The van der Waals surface area contributed by atoms with E-state index in [4.69, 9.17) is 0 Å². The van der Waals surface area contributed by atoms with Gasteiger partial charge in [-0.3, -0.25) is 0 Å². The molecule has 3 heteroatoms. The predicted octanol–water partition coefficient (Wildman–Crippen LogP) is 2.51.